The molecular formula is C24H18Fe. The third-order valence-electron chi connectivity index (χ3n) is 4.31. The zero-order valence-corrected chi connectivity index (χ0v) is 14.9. The first-order valence-electron chi connectivity index (χ1n) is 8.22. The van der Waals surface area contributed by atoms with Crippen LogP contribution in [0.2, 0.25) is 0 Å². The van der Waals surface area contributed by atoms with E-state index in [0.717, 1.165) is 0 Å². The minimum absolute atomic E-state index is 0. The zero-order valence-electron chi connectivity index (χ0n) is 13.7. The Bertz CT molecular complexity index is 642. The topological polar surface area (TPSA) is 0 Å². The fourth-order valence-electron chi connectivity index (χ4n) is 3.10. The van der Waals surface area contributed by atoms with Crippen LogP contribution in [-0.4, -0.2) is 0 Å². The van der Waals surface area contributed by atoms with Crippen LogP contribution in [0.5, 0.6) is 0 Å². The quantitative estimate of drug-likeness (QED) is 0.507. The Morgan fingerprint density at radius 2 is 0.840 bits per heavy atom. The molecule has 1 heteroatoms. The third-order valence-corrected chi connectivity index (χ3v) is 4.31. The molecule has 0 heterocycles. The summed E-state index contributed by atoms with van der Waals surface area (Å²) in [5, 5.41) is 0. The molecule has 2 aliphatic carbocycles. The zero-order chi connectivity index (χ0) is 16.2. The van der Waals surface area contributed by atoms with E-state index in [1.54, 1.807) is 0 Å². The summed E-state index contributed by atoms with van der Waals surface area (Å²) < 4.78 is 0. The molecule has 2 saturated carbocycles. The second kappa shape index (κ2) is 8.88. The Balaban J connectivity index is 0.00000182. The van der Waals surface area contributed by atoms with E-state index in [9.17, 15) is 0 Å². The van der Waals surface area contributed by atoms with E-state index < -0.39 is 0 Å². The van der Waals surface area contributed by atoms with Crippen LogP contribution >= 0.6 is 0 Å². The summed E-state index contributed by atoms with van der Waals surface area (Å²) in [7, 11) is 0. The Kier molecular flexibility index (Phi) is 6.57. The van der Waals surface area contributed by atoms with Crippen molar-refractivity contribution in [1.29, 1.82) is 0 Å². The van der Waals surface area contributed by atoms with Crippen molar-refractivity contribution in [2.24, 2.45) is 0 Å². The van der Waals surface area contributed by atoms with Crippen molar-refractivity contribution >= 4 is 12.2 Å². The number of hydrogen-bond donors (Lipinski definition) is 0. The van der Waals surface area contributed by atoms with Crippen molar-refractivity contribution < 1.29 is 17.1 Å². The van der Waals surface area contributed by atoms with Gasteiger partial charge < -0.3 is 0 Å². The first-order chi connectivity index (χ1) is 11.9. The molecule has 0 bridgehead atoms. The molecule has 4 rings (SSSR count). The van der Waals surface area contributed by atoms with Crippen molar-refractivity contribution in [2.75, 3.05) is 0 Å². The molecule has 2 aliphatic rings. The van der Waals surface area contributed by atoms with Gasteiger partial charge in [0.1, 0.15) is 0 Å². The van der Waals surface area contributed by atoms with Crippen LogP contribution in [0.1, 0.15) is 22.3 Å². The van der Waals surface area contributed by atoms with Gasteiger partial charge in [0.2, 0.25) is 0 Å². The van der Waals surface area contributed by atoms with E-state index in [2.05, 4.69) is 112 Å². The van der Waals surface area contributed by atoms with Gasteiger partial charge in [-0.15, -0.1) is 0 Å². The molecule has 0 aliphatic heterocycles. The Morgan fingerprint density at radius 1 is 0.480 bits per heavy atom. The van der Waals surface area contributed by atoms with Crippen molar-refractivity contribution in [2.45, 2.75) is 0 Å². The summed E-state index contributed by atoms with van der Waals surface area (Å²) in [5.74, 6) is 2.53. The first-order valence-corrected chi connectivity index (χ1v) is 8.22. The fraction of sp³-hybridized carbons (Fsp3) is 0. The molecule has 10 radical (unpaired) electrons. The van der Waals surface area contributed by atoms with Crippen molar-refractivity contribution in [1.82, 2.24) is 0 Å². The summed E-state index contributed by atoms with van der Waals surface area (Å²) in [6, 6.07) is 17.1. The van der Waals surface area contributed by atoms with Crippen molar-refractivity contribution in [3.8, 4) is 0 Å². The molecule has 0 spiro atoms. The molecule has 25 heavy (non-hydrogen) atoms. The van der Waals surface area contributed by atoms with E-state index in [4.69, 9.17) is 0 Å². The molecule has 0 amide bonds. The maximum atomic E-state index is 2.21. The second-order valence-corrected chi connectivity index (χ2v) is 5.85. The van der Waals surface area contributed by atoms with Crippen molar-refractivity contribution in [3.63, 3.8) is 0 Å². The third kappa shape index (κ3) is 4.27. The number of rotatable bonds is 4. The summed E-state index contributed by atoms with van der Waals surface area (Å²) in [5.41, 5.74) is 5.01. The Hall–Kier alpha value is -1.30. The minimum Gasteiger partial charge on any atom is -0.0619 e. The van der Waals surface area contributed by atoms with E-state index >= 15 is 0 Å². The average molecular weight is 362 g/mol. The Morgan fingerprint density at radius 3 is 1.24 bits per heavy atom. The SMILES string of the molecule is [CH]1[CH][CH][C](c2ccccc2/C=C/c2ccccc2[C]2[CH][CH][CH][CH]2)[CH]1.[Fe]. The molecule has 0 aromatic heterocycles. The fourth-order valence-corrected chi connectivity index (χ4v) is 3.10. The average Bonchev–Trinajstić information content (AvgIpc) is 3.34. The van der Waals surface area contributed by atoms with Gasteiger partial charge in [0.05, 0.1) is 0 Å². The minimum atomic E-state index is 0. The molecule has 0 saturated heterocycles. The monoisotopic (exact) mass is 362 g/mol. The van der Waals surface area contributed by atoms with Gasteiger partial charge in [0.15, 0.2) is 0 Å². The van der Waals surface area contributed by atoms with Gasteiger partial charge in [0.25, 0.3) is 0 Å². The van der Waals surface area contributed by atoms with E-state index in [1.807, 2.05) is 0 Å². The second-order valence-electron chi connectivity index (χ2n) is 5.85. The maximum absolute atomic E-state index is 2.21. The van der Waals surface area contributed by atoms with Gasteiger partial charge >= 0.3 is 0 Å². The van der Waals surface area contributed by atoms with E-state index in [0.29, 0.717) is 0 Å². The Labute approximate surface area is 163 Å². The molecule has 0 atom stereocenters. The van der Waals surface area contributed by atoms with E-state index in [1.165, 1.54) is 34.1 Å². The van der Waals surface area contributed by atoms with Gasteiger partial charge in [0, 0.05) is 28.9 Å². The largest absolute Gasteiger partial charge is 0.0619 e. The van der Waals surface area contributed by atoms with Gasteiger partial charge in [-0.2, -0.15) is 0 Å². The van der Waals surface area contributed by atoms with Crippen LogP contribution in [0.3, 0.4) is 0 Å². The number of hydrogen-bond acceptors (Lipinski definition) is 0. The molecule has 122 valence electrons. The van der Waals surface area contributed by atoms with Crippen LogP contribution in [0.25, 0.3) is 12.2 Å². The van der Waals surface area contributed by atoms with Crippen LogP contribution in [-0.2, 0) is 17.1 Å². The van der Waals surface area contributed by atoms with Gasteiger partial charge in [-0.3, -0.25) is 0 Å². The summed E-state index contributed by atoms with van der Waals surface area (Å²) in [6.45, 7) is 0. The van der Waals surface area contributed by atoms with Gasteiger partial charge in [-0.05, 0) is 73.6 Å². The molecular weight excluding hydrogens is 344 g/mol. The molecule has 0 nitrogen and oxygen atoms in total. The standard InChI is InChI=1S/C24H18.Fe/c1-2-10-19(9-1)23-15-7-5-13-21(23)17-18-22-14-6-8-16-24(22)20-11-3-4-12-20;/h1-18H;/b18-17+;. The number of benzene rings is 2. The summed E-state index contributed by atoms with van der Waals surface area (Å²) in [4.78, 5) is 0. The predicted molar refractivity (Wildman–Crippen MR) is 101 cm³/mol. The normalized spacial score (nSPS) is 18.7. The van der Waals surface area contributed by atoms with Gasteiger partial charge in [-0.1, -0.05) is 60.7 Å². The van der Waals surface area contributed by atoms with Crippen LogP contribution in [0.4, 0.5) is 0 Å². The molecule has 2 fully saturated rings. The molecule has 2 aromatic carbocycles. The van der Waals surface area contributed by atoms with Crippen LogP contribution in [0, 0.1) is 63.2 Å². The predicted octanol–water partition coefficient (Wildman–Crippen LogP) is 5.36. The first kappa shape index (κ1) is 18.5. The molecule has 0 N–H and O–H groups in total. The van der Waals surface area contributed by atoms with Crippen molar-refractivity contribution in [3.05, 3.63) is 134 Å². The summed E-state index contributed by atoms with van der Waals surface area (Å²) >= 11 is 0. The molecule has 0 unspecified atom stereocenters. The maximum Gasteiger partial charge on any atom is 0.0130 e. The van der Waals surface area contributed by atoms with Gasteiger partial charge in [-0.25, -0.2) is 0 Å². The summed E-state index contributed by atoms with van der Waals surface area (Å²) in [6.07, 6.45) is 21.4. The van der Waals surface area contributed by atoms with E-state index in [-0.39, 0.29) is 17.1 Å². The smallest absolute Gasteiger partial charge is 0.0130 e. The van der Waals surface area contributed by atoms with Crippen LogP contribution < -0.4 is 0 Å². The molecule has 2 aromatic rings. The van der Waals surface area contributed by atoms with Crippen LogP contribution in [0.15, 0.2) is 48.5 Å².